The first kappa shape index (κ1) is 21.7. The first-order valence-corrected chi connectivity index (χ1v) is 11.3. The van der Waals surface area contributed by atoms with E-state index in [4.69, 9.17) is 4.74 Å². The Kier molecular flexibility index (Phi) is 7.57. The highest BCUT2D eigenvalue weighted by molar-refractivity contribution is 5.83. The van der Waals surface area contributed by atoms with Gasteiger partial charge in [0.1, 0.15) is 5.75 Å². The van der Waals surface area contributed by atoms with E-state index in [-0.39, 0.29) is 23.1 Å². The molecule has 0 aromatic heterocycles. The second-order valence-electron chi connectivity index (χ2n) is 8.89. The maximum atomic E-state index is 13.1. The first-order valence-electron chi connectivity index (χ1n) is 11.3. The van der Waals surface area contributed by atoms with Gasteiger partial charge in [-0.2, -0.15) is 0 Å². The summed E-state index contributed by atoms with van der Waals surface area (Å²) in [4.78, 5) is 27.4. The number of benzene rings is 1. The van der Waals surface area contributed by atoms with Crippen LogP contribution in [0.25, 0.3) is 0 Å². The van der Waals surface area contributed by atoms with E-state index in [0.717, 1.165) is 57.1 Å². The van der Waals surface area contributed by atoms with E-state index in [1.807, 2.05) is 30.9 Å². The predicted octanol–water partition coefficient (Wildman–Crippen LogP) is 3.95. The largest absolute Gasteiger partial charge is 0.493 e. The number of carbonyl (C=O) groups is 2. The Hall–Kier alpha value is -2.04. The predicted molar refractivity (Wildman–Crippen MR) is 115 cm³/mol. The van der Waals surface area contributed by atoms with Crippen molar-refractivity contribution in [3.63, 3.8) is 0 Å². The minimum Gasteiger partial charge on any atom is -0.493 e. The van der Waals surface area contributed by atoms with Gasteiger partial charge in [0.25, 0.3) is 0 Å². The number of para-hydroxylation sites is 1. The van der Waals surface area contributed by atoms with Crippen molar-refractivity contribution in [2.45, 2.75) is 65.2 Å². The number of aryl methyl sites for hydroxylation is 1. The van der Waals surface area contributed by atoms with Crippen molar-refractivity contribution >= 4 is 11.8 Å². The van der Waals surface area contributed by atoms with Gasteiger partial charge in [0.15, 0.2) is 0 Å². The van der Waals surface area contributed by atoms with Crippen molar-refractivity contribution in [1.82, 2.24) is 10.2 Å². The molecular weight excluding hydrogens is 364 g/mol. The van der Waals surface area contributed by atoms with Gasteiger partial charge in [0.05, 0.1) is 12.0 Å². The van der Waals surface area contributed by atoms with Crippen LogP contribution in [-0.2, 0) is 16.0 Å². The average Bonchev–Trinajstić information content (AvgIpc) is 2.73. The van der Waals surface area contributed by atoms with Crippen molar-refractivity contribution in [3.8, 4) is 5.75 Å². The van der Waals surface area contributed by atoms with Gasteiger partial charge in [-0.15, -0.1) is 0 Å². The van der Waals surface area contributed by atoms with Gasteiger partial charge in [0, 0.05) is 25.6 Å². The Bertz CT molecular complexity index is 693. The van der Waals surface area contributed by atoms with E-state index < -0.39 is 0 Å². The average molecular weight is 401 g/mol. The van der Waals surface area contributed by atoms with Crippen molar-refractivity contribution in [3.05, 3.63) is 29.8 Å². The first-order chi connectivity index (χ1) is 14.0. The Morgan fingerprint density at radius 3 is 2.59 bits per heavy atom. The third-order valence-electron chi connectivity index (χ3n) is 6.45. The molecule has 2 amide bonds. The monoisotopic (exact) mass is 400 g/mol. The van der Waals surface area contributed by atoms with E-state index >= 15 is 0 Å². The van der Waals surface area contributed by atoms with E-state index in [0.29, 0.717) is 26.2 Å². The summed E-state index contributed by atoms with van der Waals surface area (Å²) < 4.78 is 5.97. The van der Waals surface area contributed by atoms with Crippen LogP contribution in [0.1, 0.15) is 64.4 Å². The smallest absolute Gasteiger partial charge is 0.226 e. The van der Waals surface area contributed by atoms with Gasteiger partial charge in [-0.1, -0.05) is 44.9 Å². The number of carbonyl (C=O) groups excluding carboxylic acids is 2. The van der Waals surface area contributed by atoms with E-state index in [2.05, 4.69) is 17.4 Å². The van der Waals surface area contributed by atoms with Crippen molar-refractivity contribution in [2.24, 2.45) is 11.3 Å². The fourth-order valence-corrected chi connectivity index (χ4v) is 4.56. The molecule has 0 atom stereocenters. The normalized spacial score (nSPS) is 21.1. The molecule has 1 fully saturated rings. The van der Waals surface area contributed by atoms with Crippen LogP contribution in [0.3, 0.4) is 0 Å². The molecule has 3 rings (SSSR count). The lowest BCUT2D eigenvalue weighted by Crippen LogP contribution is -2.51. The van der Waals surface area contributed by atoms with Crippen LogP contribution in [0, 0.1) is 11.3 Å². The zero-order chi connectivity index (χ0) is 20.7. The third kappa shape index (κ3) is 5.52. The molecular formula is C24H36N2O3. The second kappa shape index (κ2) is 10.1. The highest BCUT2D eigenvalue weighted by Gasteiger charge is 2.41. The second-order valence-corrected chi connectivity index (χ2v) is 8.89. The highest BCUT2D eigenvalue weighted by atomic mass is 16.5. The number of hydrogen-bond donors (Lipinski definition) is 1. The zero-order valence-electron chi connectivity index (χ0n) is 18.0. The molecule has 1 N–H and O–H groups in total. The number of nitrogens with zero attached hydrogens (tertiary/aromatic N) is 1. The molecule has 1 aromatic rings. The Labute approximate surface area is 175 Å². The molecule has 0 saturated carbocycles. The molecule has 29 heavy (non-hydrogen) atoms. The maximum absolute atomic E-state index is 13.1. The van der Waals surface area contributed by atoms with Crippen LogP contribution in [0.2, 0.25) is 0 Å². The number of fused-ring (bicyclic) bond motifs is 1. The van der Waals surface area contributed by atoms with Gasteiger partial charge in [0.2, 0.25) is 11.8 Å². The number of nitrogens with one attached hydrogen (secondary N) is 1. The summed E-state index contributed by atoms with van der Waals surface area (Å²) in [6.07, 6.45) is 7.55. The lowest BCUT2D eigenvalue weighted by atomic mass is 9.73. The number of ether oxygens (including phenoxy) is 1. The van der Waals surface area contributed by atoms with Crippen LogP contribution in [-0.4, -0.2) is 43.0 Å². The van der Waals surface area contributed by atoms with Crippen molar-refractivity contribution in [1.29, 1.82) is 0 Å². The van der Waals surface area contributed by atoms with E-state index in [9.17, 15) is 9.59 Å². The van der Waals surface area contributed by atoms with Crippen LogP contribution in [0.4, 0.5) is 0 Å². The number of piperidine rings is 1. The molecule has 5 nitrogen and oxygen atoms in total. The van der Waals surface area contributed by atoms with Crippen LogP contribution in [0.5, 0.6) is 5.75 Å². The summed E-state index contributed by atoms with van der Waals surface area (Å²) in [6, 6.07) is 8.30. The molecule has 1 aromatic carbocycles. The number of likely N-dealkylation sites (tertiary alicyclic amines) is 1. The summed E-state index contributed by atoms with van der Waals surface area (Å²) in [7, 11) is 0. The van der Waals surface area contributed by atoms with Gasteiger partial charge in [-0.05, 0) is 50.2 Å². The number of rotatable bonds is 1. The summed E-state index contributed by atoms with van der Waals surface area (Å²) in [5, 5.41) is 3.17. The SMILES string of the molecule is CC(C)C(=O)N1CCC2(CCCCCc3ccccc3OCCCNC2=O)CC1. The van der Waals surface area contributed by atoms with Gasteiger partial charge in [-0.3, -0.25) is 9.59 Å². The topological polar surface area (TPSA) is 58.6 Å². The van der Waals surface area contributed by atoms with Gasteiger partial charge >= 0.3 is 0 Å². The van der Waals surface area contributed by atoms with Crippen LogP contribution >= 0.6 is 0 Å². The molecule has 0 aliphatic carbocycles. The van der Waals surface area contributed by atoms with E-state index in [1.54, 1.807) is 0 Å². The number of amides is 2. The summed E-state index contributed by atoms with van der Waals surface area (Å²) in [5.41, 5.74) is 0.959. The Morgan fingerprint density at radius 1 is 1.07 bits per heavy atom. The third-order valence-corrected chi connectivity index (χ3v) is 6.45. The Balaban J connectivity index is 1.63. The summed E-state index contributed by atoms with van der Waals surface area (Å²) in [6.45, 7) is 6.53. The number of hydrogen-bond acceptors (Lipinski definition) is 3. The van der Waals surface area contributed by atoms with Gasteiger partial charge < -0.3 is 15.0 Å². The van der Waals surface area contributed by atoms with E-state index in [1.165, 1.54) is 5.56 Å². The molecule has 0 radical (unpaired) electrons. The lowest BCUT2D eigenvalue weighted by molar-refractivity contribution is -0.143. The highest BCUT2D eigenvalue weighted by Crippen LogP contribution is 2.38. The summed E-state index contributed by atoms with van der Waals surface area (Å²) >= 11 is 0. The molecule has 0 unspecified atom stereocenters. The van der Waals surface area contributed by atoms with Crippen LogP contribution in [0.15, 0.2) is 24.3 Å². The fourth-order valence-electron chi connectivity index (χ4n) is 4.56. The minimum absolute atomic E-state index is 0.0183. The minimum atomic E-state index is -0.323. The molecule has 2 heterocycles. The van der Waals surface area contributed by atoms with Crippen molar-refractivity contribution < 1.29 is 14.3 Å². The summed E-state index contributed by atoms with van der Waals surface area (Å²) in [5.74, 6) is 1.38. The molecule has 2 aliphatic rings. The fraction of sp³-hybridized carbons (Fsp3) is 0.667. The zero-order valence-corrected chi connectivity index (χ0v) is 18.0. The lowest BCUT2D eigenvalue weighted by Gasteiger charge is -2.41. The standard InChI is InChI=1S/C24H36N2O3/c1-19(2)22(27)26-16-13-24(14-17-26)12-7-3-4-9-20-10-5-6-11-21(20)29-18-8-15-25-23(24)28/h5-6,10-11,19H,3-4,7-9,12-18H2,1-2H3,(H,25,28). The molecule has 5 heteroatoms. The molecule has 0 bridgehead atoms. The van der Waals surface area contributed by atoms with Gasteiger partial charge in [-0.25, -0.2) is 0 Å². The Morgan fingerprint density at radius 2 is 1.83 bits per heavy atom. The molecule has 2 aliphatic heterocycles. The quantitative estimate of drug-likeness (QED) is 0.776. The molecule has 1 spiro atoms. The molecule has 160 valence electrons. The van der Waals surface area contributed by atoms with Crippen molar-refractivity contribution in [2.75, 3.05) is 26.2 Å². The molecule has 1 saturated heterocycles. The maximum Gasteiger partial charge on any atom is 0.226 e. The van der Waals surface area contributed by atoms with Crippen LogP contribution < -0.4 is 10.1 Å².